The van der Waals surface area contributed by atoms with Crippen LogP contribution < -0.4 is 14.9 Å². The highest BCUT2D eigenvalue weighted by Gasteiger charge is 2.05. The van der Waals surface area contributed by atoms with Crippen LogP contribution in [0.25, 0.3) is 0 Å². The van der Waals surface area contributed by atoms with E-state index in [-0.39, 0.29) is 12.5 Å². The zero-order valence-electron chi connectivity index (χ0n) is 13.6. The molecular formula is C19H18N2O3. The lowest BCUT2D eigenvalue weighted by Crippen LogP contribution is -2.17. The summed E-state index contributed by atoms with van der Waals surface area (Å²) in [5.41, 5.74) is 4.75. The number of aryl methyl sites for hydroxylation is 1. The fourth-order valence-electron chi connectivity index (χ4n) is 1.94. The summed E-state index contributed by atoms with van der Waals surface area (Å²) in [5.74, 6) is 3.32. The van der Waals surface area contributed by atoms with Gasteiger partial charge in [0.25, 0.3) is 5.91 Å². The highest BCUT2D eigenvalue weighted by Crippen LogP contribution is 2.22. The normalized spacial score (nSPS) is 10.2. The Balaban J connectivity index is 2.11. The summed E-state index contributed by atoms with van der Waals surface area (Å²) >= 11 is 0. The van der Waals surface area contributed by atoms with Gasteiger partial charge in [-0.25, -0.2) is 5.43 Å². The molecule has 0 spiro atoms. The molecule has 0 heterocycles. The lowest BCUT2D eigenvalue weighted by atomic mass is 10.1. The average molecular weight is 322 g/mol. The second kappa shape index (κ2) is 8.39. The van der Waals surface area contributed by atoms with Crippen LogP contribution in [-0.4, -0.2) is 25.8 Å². The van der Waals surface area contributed by atoms with E-state index in [1.165, 1.54) is 6.21 Å². The molecule has 0 saturated heterocycles. The minimum absolute atomic E-state index is 0.142. The maximum Gasteiger partial charge on any atom is 0.271 e. The first-order valence-corrected chi connectivity index (χ1v) is 7.28. The molecule has 2 rings (SSSR count). The molecule has 0 atom stereocenters. The largest absolute Gasteiger partial charge is 0.497 e. The molecule has 0 radical (unpaired) electrons. The standard InChI is InChI=1S/C19H18N2O3/c1-4-11-24-18-10-9-17(23-3)12-16(18)13-20-21-19(22)15-7-5-14(2)6-8-15/h1,5-10,12-13H,11H2,2-3H3,(H,21,22)/b20-13-. The van der Waals surface area contributed by atoms with Crippen molar-refractivity contribution in [2.75, 3.05) is 13.7 Å². The molecule has 1 N–H and O–H groups in total. The third kappa shape index (κ3) is 4.62. The van der Waals surface area contributed by atoms with E-state index in [2.05, 4.69) is 16.4 Å². The van der Waals surface area contributed by atoms with Gasteiger partial charge in [0, 0.05) is 11.1 Å². The third-order valence-corrected chi connectivity index (χ3v) is 3.21. The fourth-order valence-corrected chi connectivity index (χ4v) is 1.94. The first kappa shape index (κ1) is 17.1. The van der Waals surface area contributed by atoms with Crippen LogP contribution in [0.2, 0.25) is 0 Å². The van der Waals surface area contributed by atoms with Crippen molar-refractivity contribution in [2.24, 2.45) is 5.10 Å². The monoisotopic (exact) mass is 322 g/mol. The highest BCUT2D eigenvalue weighted by atomic mass is 16.5. The summed E-state index contributed by atoms with van der Waals surface area (Å²) in [6, 6.07) is 12.5. The number of hydrogen-bond donors (Lipinski definition) is 1. The van der Waals surface area contributed by atoms with Crippen LogP contribution in [-0.2, 0) is 0 Å². The van der Waals surface area contributed by atoms with Crippen LogP contribution in [0.4, 0.5) is 0 Å². The first-order chi connectivity index (χ1) is 11.6. The van der Waals surface area contributed by atoms with Gasteiger partial charge in [-0.15, -0.1) is 6.42 Å². The highest BCUT2D eigenvalue weighted by molar-refractivity contribution is 5.95. The third-order valence-electron chi connectivity index (χ3n) is 3.21. The molecule has 0 unspecified atom stereocenters. The summed E-state index contributed by atoms with van der Waals surface area (Å²) in [6.07, 6.45) is 6.69. The summed E-state index contributed by atoms with van der Waals surface area (Å²) < 4.78 is 10.6. The Morgan fingerprint density at radius 3 is 2.71 bits per heavy atom. The maximum atomic E-state index is 12.0. The van der Waals surface area contributed by atoms with Gasteiger partial charge in [-0.2, -0.15) is 5.10 Å². The van der Waals surface area contributed by atoms with E-state index in [4.69, 9.17) is 15.9 Å². The fraction of sp³-hybridized carbons (Fsp3) is 0.158. The van der Waals surface area contributed by atoms with E-state index < -0.39 is 0 Å². The Hall–Kier alpha value is -3.26. The van der Waals surface area contributed by atoms with Gasteiger partial charge in [0.15, 0.2) is 0 Å². The molecule has 5 nitrogen and oxygen atoms in total. The van der Waals surface area contributed by atoms with Gasteiger partial charge in [0.1, 0.15) is 18.1 Å². The van der Waals surface area contributed by atoms with Gasteiger partial charge in [-0.05, 0) is 37.3 Å². The molecule has 0 aliphatic heterocycles. The van der Waals surface area contributed by atoms with E-state index in [1.54, 1.807) is 37.4 Å². The minimum Gasteiger partial charge on any atom is -0.497 e. The molecule has 24 heavy (non-hydrogen) atoms. The quantitative estimate of drug-likeness (QED) is 0.505. The Labute approximate surface area is 141 Å². The Morgan fingerprint density at radius 2 is 2.04 bits per heavy atom. The van der Waals surface area contributed by atoms with Crippen molar-refractivity contribution < 1.29 is 14.3 Å². The van der Waals surface area contributed by atoms with Gasteiger partial charge >= 0.3 is 0 Å². The smallest absolute Gasteiger partial charge is 0.271 e. The van der Waals surface area contributed by atoms with Crippen molar-refractivity contribution in [2.45, 2.75) is 6.92 Å². The molecule has 1 amide bonds. The summed E-state index contributed by atoms with van der Waals surface area (Å²) in [4.78, 5) is 12.0. The number of benzene rings is 2. The predicted octanol–water partition coefficient (Wildman–Crippen LogP) is 2.78. The molecule has 0 bridgehead atoms. The van der Waals surface area contributed by atoms with E-state index in [1.807, 2.05) is 19.1 Å². The van der Waals surface area contributed by atoms with Crippen LogP contribution in [0.15, 0.2) is 47.6 Å². The van der Waals surface area contributed by atoms with Gasteiger partial charge in [-0.3, -0.25) is 4.79 Å². The van der Waals surface area contributed by atoms with Crippen LogP contribution in [0.1, 0.15) is 21.5 Å². The molecule has 122 valence electrons. The molecule has 5 heteroatoms. The minimum atomic E-state index is -0.291. The van der Waals surface area contributed by atoms with Gasteiger partial charge in [0.05, 0.1) is 13.3 Å². The molecule has 0 saturated carbocycles. The van der Waals surface area contributed by atoms with Crippen LogP contribution >= 0.6 is 0 Å². The zero-order chi connectivity index (χ0) is 17.4. The number of carbonyl (C=O) groups excluding carboxylic acids is 1. The molecule has 2 aromatic rings. The van der Waals surface area contributed by atoms with Gasteiger partial charge in [0.2, 0.25) is 0 Å². The number of methoxy groups -OCH3 is 1. The van der Waals surface area contributed by atoms with E-state index in [0.717, 1.165) is 5.56 Å². The van der Waals surface area contributed by atoms with E-state index in [9.17, 15) is 4.79 Å². The molecule has 0 aliphatic rings. The number of nitrogens with one attached hydrogen (secondary N) is 1. The molecule has 0 aromatic heterocycles. The number of rotatable bonds is 6. The lowest BCUT2D eigenvalue weighted by Gasteiger charge is -2.08. The van der Waals surface area contributed by atoms with Crippen molar-refractivity contribution in [3.63, 3.8) is 0 Å². The van der Waals surface area contributed by atoms with Crippen LogP contribution in [0.3, 0.4) is 0 Å². The molecule has 2 aromatic carbocycles. The van der Waals surface area contributed by atoms with E-state index >= 15 is 0 Å². The maximum absolute atomic E-state index is 12.0. The first-order valence-electron chi connectivity index (χ1n) is 7.28. The topological polar surface area (TPSA) is 59.9 Å². The summed E-state index contributed by atoms with van der Waals surface area (Å²) in [7, 11) is 1.57. The summed E-state index contributed by atoms with van der Waals surface area (Å²) in [5, 5.41) is 3.97. The van der Waals surface area contributed by atoms with Crippen molar-refractivity contribution in [3.05, 3.63) is 59.2 Å². The van der Waals surface area contributed by atoms with Crippen molar-refractivity contribution >= 4 is 12.1 Å². The second-order valence-corrected chi connectivity index (χ2v) is 4.96. The number of carbonyl (C=O) groups is 1. The number of nitrogens with zero attached hydrogens (tertiary/aromatic N) is 1. The van der Waals surface area contributed by atoms with E-state index in [0.29, 0.717) is 22.6 Å². The lowest BCUT2D eigenvalue weighted by molar-refractivity contribution is 0.0955. The summed E-state index contributed by atoms with van der Waals surface area (Å²) in [6.45, 7) is 2.10. The number of amides is 1. The molecule has 0 fully saturated rings. The van der Waals surface area contributed by atoms with Crippen molar-refractivity contribution in [1.29, 1.82) is 0 Å². The average Bonchev–Trinajstić information content (AvgIpc) is 2.61. The number of terminal acetylenes is 1. The number of hydrazone groups is 1. The van der Waals surface area contributed by atoms with Gasteiger partial charge < -0.3 is 9.47 Å². The Kier molecular flexibility index (Phi) is 5.98. The second-order valence-electron chi connectivity index (χ2n) is 4.96. The van der Waals surface area contributed by atoms with Gasteiger partial charge in [-0.1, -0.05) is 23.6 Å². The van der Waals surface area contributed by atoms with Crippen LogP contribution in [0.5, 0.6) is 11.5 Å². The predicted molar refractivity (Wildman–Crippen MR) is 93.6 cm³/mol. The number of ether oxygens (including phenoxy) is 2. The zero-order valence-corrected chi connectivity index (χ0v) is 13.6. The Morgan fingerprint density at radius 1 is 1.29 bits per heavy atom. The van der Waals surface area contributed by atoms with Crippen molar-refractivity contribution in [1.82, 2.24) is 5.43 Å². The SMILES string of the molecule is C#CCOc1ccc(OC)cc1/C=N\NC(=O)c1ccc(C)cc1. The Bertz CT molecular complexity index is 774. The molecular weight excluding hydrogens is 304 g/mol. The van der Waals surface area contributed by atoms with Crippen molar-refractivity contribution in [3.8, 4) is 23.8 Å². The number of hydrogen-bond acceptors (Lipinski definition) is 4. The molecule has 0 aliphatic carbocycles. The van der Waals surface area contributed by atoms with Crippen LogP contribution in [0, 0.1) is 19.3 Å².